The minimum absolute atomic E-state index is 0.0625. The maximum atomic E-state index is 12.9. The van der Waals surface area contributed by atoms with Gasteiger partial charge in [-0.25, -0.2) is 0 Å². The lowest BCUT2D eigenvalue weighted by atomic mass is 10.0. The summed E-state index contributed by atoms with van der Waals surface area (Å²) in [5, 5.41) is 0. The van der Waals surface area contributed by atoms with Gasteiger partial charge in [0.1, 0.15) is 13.2 Å². The molecule has 0 bridgehead atoms. The number of hydrogen-bond donors (Lipinski definition) is 0. The number of rotatable bonds is 53. The third-order valence-electron chi connectivity index (χ3n) is 13.5. The summed E-state index contributed by atoms with van der Waals surface area (Å²) in [5.41, 5.74) is 0. The summed E-state index contributed by atoms with van der Waals surface area (Å²) in [6, 6.07) is 0. The second-order valence-electron chi connectivity index (χ2n) is 21.2. The van der Waals surface area contributed by atoms with Crippen molar-refractivity contribution in [2.45, 2.75) is 336 Å². The Hall–Kier alpha value is -1.59. The molecule has 0 aliphatic carbocycles. The highest BCUT2D eigenvalue weighted by Crippen LogP contribution is 2.18. The Labute approximate surface area is 406 Å². The van der Waals surface area contributed by atoms with E-state index in [4.69, 9.17) is 14.2 Å². The molecule has 0 aromatic heterocycles. The summed E-state index contributed by atoms with van der Waals surface area (Å²) in [7, 11) is 0. The number of unbranched alkanes of at least 4 members (excludes halogenated alkanes) is 38. The molecule has 6 nitrogen and oxygen atoms in total. The van der Waals surface area contributed by atoms with Crippen molar-refractivity contribution < 1.29 is 28.6 Å². The molecule has 0 heterocycles. The van der Waals surface area contributed by atoms with Crippen molar-refractivity contribution in [2.24, 2.45) is 11.8 Å². The van der Waals surface area contributed by atoms with Gasteiger partial charge in [-0.1, -0.05) is 291 Å². The fraction of sp³-hybridized carbons (Fsp3) is 0.949. The molecular formula is C59H114O6. The average molecular weight is 920 g/mol. The van der Waals surface area contributed by atoms with Gasteiger partial charge >= 0.3 is 17.9 Å². The second-order valence-corrected chi connectivity index (χ2v) is 21.2. The van der Waals surface area contributed by atoms with Crippen LogP contribution in [0.2, 0.25) is 0 Å². The molecule has 0 saturated carbocycles. The predicted molar refractivity (Wildman–Crippen MR) is 280 cm³/mol. The molecule has 0 aliphatic rings. The van der Waals surface area contributed by atoms with E-state index in [1.54, 1.807) is 0 Å². The third-order valence-corrected chi connectivity index (χ3v) is 13.5. The van der Waals surface area contributed by atoms with Gasteiger partial charge in [0.25, 0.3) is 0 Å². The van der Waals surface area contributed by atoms with Gasteiger partial charge in [-0.05, 0) is 31.1 Å². The molecular weight excluding hydrogens is 805 g/mol. The van der Waals surface area contributed by atoms with Gasteiger partial charge in [-0.3, -0.25) is 14.4 Å². The summed E-state index contributed by atoms with van der Waals surface area (Å²) >= 11 is 0. The summed E-state index contributed by atoms with van der Waals surface area (Å²) < 4.78 is 16.9. The first-order valence-electron chi connectivity index (χ1n) is 29.2. The Morgan fingerprint density at radius 2 is 0.508 bits per heavy atom. The van der Waals surface area contributed by atoms with E-state index in [0.29, 0.717) is 19.3 Å². The van der Waals surface area contributed by atoms with Crippen molar-refractivity contribution in [3.8, 4) is 0 Å². The van der Waals surface area contributed by atoms with Gasteiger partial charge in [0.15, 0.2) is 6.10 Å². The molecule has 6 heteroatoms. The quantitative estimate of drug-likeness (QED) is 0.0344. The second kappa shape index (κ2) is 51.8. The predicted octanol–water partition coefficient (Wildman–Crippen LogP) is 19.3. The maximum absolute atomic E-state index is 12.9. The highest BCUT2D eigenvalue weighted by atomic mass is 16.6. The van der Waals surface area contributed by atoms with Crippen LogP contribution >= 0.6 is 0 Å². The Bertz CT molecular complexity index is 993. The number of hydrogen-bond acceptors (Lipinski definition) is 6. The van der Waals surface area contributed by atoms with E-state index < -0.39 is 6.10 Å². The smallest absolute Gasteiger partial charge is 0.306 e. The fourth-order valence-corrected chi connectivity index (χ4v) is 9.05. The first kappa shape index (κ1) is 63.4. The van der Waals surface area contributed by atoms with Crippen LogP contribution in [0.25, 0.3) is 0 Å². The molecule has 0 saturated heterocycles. The summed E-state index contributed by atoms with van der Waals surface area (Å²) in [5.74, 6) is 0.855. The van der Waals surface area contributed by atoms with E-state index in [2.05, 4.69) is 34.6 Å². The number of esters is 3. The van der Waals surface area contributed by atoms with Crippen molar-refractivity contribution in [3.05, 3.63) is 0 Å². The van der Waals surface area contributed by atoms with Crippen LogP contribution in [0.15, 0.2) is 0 Å². The number of carbonyl (C=O) groups is 3. The van der Waals surface area contributed by atoms with Gasteiger partial charge in [-0.15, -0.1) is 0 Å². The van der Waals surface area contributed by atoms with E-state index in [1.807, 2.05) is 0 Å². The molecule has 0 spiro atoms. The molecule has 0 amide bonds. The molecule has 0 fully saturated rings. The van der Waals surface area contributed by atoms with Gasteiger partial charge in [-0.2, -0.15) is 0 Å². The van der Waals surface area contributed by atoms with Crippen LogP contribution in [0.5, 0.6) is 0 Å². The molecule has 0 unspecified atom stereocenters. The molecule has 0 N–H and O–H groups in total. The molecule has 386 valence electrons. The molecule has 0 radical (unpaired) electrons. The van der Waals surface area contributed by atoms with Crippen molar-refractivity contribution in [2.75, 3.05) is 13.2 Å². The summed E-state index contributed by atoms with van der Waals surface area (Å²) in [6.45, 7) is 11.4. The normalized spacial score (nSPS) is 12.0. The largest absolute Gasteiger partial charge is 0.462 e. The zero-order valence-corrected chi connectivity index (χ0v) is 44.6. The Morgan fingerprint density at radius 1 is 0.292 bits per heavy atom. The minimum Gasteiger partial charge on any atom is -0.462 e. The Balaban J connectivity index is 4.28. The summed E-state index contributed by atoms with van der Waals surface area (Å²) in [6.07, 6.45) is 55.2. The van der Waals surface area contributed by atoms with E-state index in [-0.39, 0.29) is 31.1 Å². The minimum atomic E-state index is -0.762. The van der Waals surface area contributed by atoms with Gasteiger partial charge in [0.05, 0.1) is 0 Å². The number of ether oxygens (including phenoxy) is 3. The lowest BCUT2D eigenvalue weighted by molar-refractivity contribution is -0.167. The zero-order valence-electron chi connectivity index (χ0n) is 44.6. The third kappa shape index (κ3) is 53.2. The van der Waals surface area contributed by atoms with Crippen molar-refractivity contribution in [1.82, 2.24) is 0 Å². The van der Waals surface area contributed by atoms with E-state index in [1.165, 1.54) is 218 Å². The highest BCUT2D eigenvalue weighted by molar-refractivity contribution is 5.71. The van der Waals surface area contributed by atoms with Gasteiger partial charge < -0.3 is 14.2 Å². The lowest BCUT2D eigenvalue weighted by Crippen LogP contribution is -2.30. The van der Waals surface area contributed by atoms with Gasteiger partial charge in [0, 0.05) is 19.3 Å². The lowest BCUT2D eigenvalue weighted by Gasteiger charge is -2.18. The standard InChI is InChI=1S/C59H114O6/c1-6-7-8-9-10-11-12-24-29-34-39-44-49-57(60)63-52-56(53-64-58(61)50-45-40-35-30-25-20-17-16-19-23-28-33-38-43-48-55(4)5)65-59(62)51-46-41-36-31-26-21-15-13-14-18-22-27-32-37-42-47-54(2)3/h54-56H,6-53H2,1-5H3/t56-/m0/s1. The van der Waals surface area contributed by atoms with Crippen molar-refractivity contribution >= 4 is 17.9 Å². The monoisotopic (exact) mass is 919 g/mol. The Kier molecular flexibility index (Phi) is 50.5. The van der Waals surface area contributed by atoms with Crippen LogP contribution in [-0.2, 0) is 28.6 Å². The average Bonchev–Trinajstić information content (AvgIpc) is 3.28. The van der Waals surface area contributed by atoms with E-state index in [0.717, 1.165) is 69.6 Å². The Morgan fingerprint density at radius 3 is 0.754 bits per heavy atom. The highest BCUT2D eigenvalue weighted by Gasteiger charge is 2.19. The molecule has 0 aromatic carbocycles. The van der Waals surface area contributed by atoms with Crippen LogP contribution in [-0.4, -0.2) is 37.2 Å². The number of carbonyl (C=O) groups excluding carboxylic acids is 3. The van der Waals surface area contributed by atoms with Crippen LogP contribution in [0.1, 0.15) is 330 Å². The molecule has 1 atom stereocenters. The topological polar surface area (TPSA) is 78.9 Å². The van der Waals surface area contributed by atoms with E-state index >= 15 is 0 Å². The van der Waals surface area contributed by atoms with E-state index in [9.17, 15) is 14.4 Å². The molecule has 65 heavy (non-hydrogen) atoms. The first-order chi connectivity index (χ1) is 31.7. The van der Waals surface area contributed by atoms with Crippen LogP contribution in [0.4, 0.5) is 0 Å². The molecule has 0 aromatic rings. The van der Waals surface area contributed by atoms with Crippen LogP contribution < -0.4 is 0 Å². The first-order valence-corrected chi connectivity index (χ1v) is 29.2. The maximum Gasteiger partial charge on any atom is 0.306 e. The SMILES string of the molecule is CCCCCCCCCCCCCCC(=O)OC[C@@H](COC(=O)CCCCCCCCCCCCCCCCC(C)C)OC(=O)CCCCCCCCCCCCCCCCCC(C)C. The van der Waals surface area contributed by atoms with Crippen LogP contribution in [0.3, 0.4) is 0 Å². The fourth-order valence-electron chi connectivity index (χ4n) is 9.05. The van der Waals surface area contributed by atoms with Crippen molar-refractivity contribution in [1.29, 1.82) is 0 Å². The zero-order chi connectivity index (χ0) is 47.5. The molecule has 0 rings (SSSR count). The van der Waals surface area contributed by atoms with Gasteiger partial charge in [0.2, 0.25) is 0 Å². The van der Waals surface area contributed by atoms with Crippen LogP contribution in [0, 0.1) is 11.8 Å². The molecule has 0 aliphatic heterocycles. The van der Waals surface area contributed by atoms with Crippen molar-refractivity contribution in [3.63, 3.8) is 0 Å². The summed E-state index contributed by atoms with van der Waals surface area (Å²) in [4.78, 5) is 38.1.